The van der Waals surface area contributed by atoms with E-state index in [0.717, 1.165) is 17.5 Å². The van der Waals surface area contributed by atoms with Crippen LogP contribution in [0.4, 0.5) is 10.8 Å². The van der Waals surface area contributed by atoms with E-state index in [4.69, 9.17) is 10.7 Å². The molecule has 0 spiro atoms. The molecular weight excluding hydrogens is 648 g/mol. The number of hydrogen-bond acceptors (Lipinski definition) is 12. The molecule has 12 nitrogen and oxygen atoms in total. The van der Waals surface area contributed by atoms with Crippen molar-refractivity contribution in [3.05, 3.63) is 57.0 Å². The Balaban J connectivity index is 1.23. The third kappa shape index (κ3) is 4.95. The maximum absolute atomic E-state index is 14.2. The highest BCUT2D eigenvalue weighted by Crippen LogP contribution is 2.56. The molecule has 1 heterocycles. The predicted octanol–water partition coefficient (Wildman–Crippen LogP) is 4.17. The van der Waals surface area contributed by atoms with Crippen LogP contribution < -0.4 is 11.1 Å². The van der Waals surface area contributed by atoms with Gasteiger partial charge in [-0.15, -0.1) is 11.3 Å². The number of aromatic hydroxyl groups is 1. The zero-order chi connectivity index (χ0) is 35.3. The molecule has 262 valence electrons. The highest BCUT2D eigenvalue weighted by molar-refractivity contribution is 7.13. The molecule has 3 unspecified atom stereocenters. The lowest BCUT2D eigenvalue weighted by Crippen LogP contribution is -2.68. The lowest BCUT2D eigenvalue weighted by Gasteiger charge is -2.53. The minimum Gasteiger partial charge on any atom is -0.510 e. The second-order valence-corrected chi connectivity index (χ2v) is 16.0. The number of thiazole rings is 1. The summed E-state index contributed by atoms with van der Waals surface area (Å²) in [6, 6.07) is 1.99. The number of anilines is 2. The first kappa shape index (κ1) is 33.7. The number of aromatic nitrogens is 1. The van der Waals surface area contributed by atoms with Crippen LogP contribution in [0, 0.1) is 29.6 Å². The van der Waals surface area contributed by atoms with Gasteiger partial charge in [-0.2, -0.15) is 0 Å². The molecule has 1 aromatic heterocycles. The van der Waals surface area contributed by atoms with E-state index in [0.29, 0.717) is 16.6 Å². The molecule has 9 atom stereocenters. The summed E-state index contributed by atoms with van der Waals surface area (Å²) in [5.41, 5.74) is 2.52. The number of carbonyl (C=O) groups excluding carboxylic acids is 3. The van der Waals surface area contributed by atoms with Crippen molar-refractivity contribution in [1.29, 1.82) is 0 Å². The van der Waals surface area contributed by atoms with Crippen molar-refractivity contribution in [2.75, 3.05) is 19.4 Å². The topological polar surface area (TPSA) is 207 Å². The van der Waals surface area contributed by atoms with Crippen molar-refractivity contribution < 1.29 is 39.9 Å². The van der Waals surface area contributed by atoms with E-state index in [1.54, 1.807) is 19.1 Å². The average Bonchev–Trinajstić information content (AvgIpc) is 3.51. The number of aliphatic hydroxyl groups excluding tert-OH is 3. The number of primary amides is 1. The molecule has 0 aliphatic heterocycles. The molecule has 13 heteroatoms. The van der Waals surface area contributed by atoms with Crippen molar-refractivity contribution in [3.8, 4) is 5.75 Å². The lowest BCUT2D eigenvalue weighted by molar-refractivity contribution is -0.162. The normalized spacial score (nSPS) is 34.8. The van der Waals surface area contributed by atoms with Gasteiger partial charge in [0.15, 0.2) is 22.3 Å². The Morgan fingerprint density at radius 3 is 2.43 bits per heavy atom. The van der Waals surface area contributed by atoms with Crippen LogP contribution in [0.2, 0.25) is 0 Å². The number of nitrogens with one attached hydrogen (secondary N) is 1. The standard InChI is InChI=1S/C36H44N4O8S/c1-14(18-11-16-6-5-7-17(10-16)12-18)21-13-49-35(39-21)38-20-9-8-19-15(2)22-24(29(42)23(19)28(20)41)32(45)36(48)26(30(22)43)27(40(3)4)31(44)25(33(36)46)34(37)47/h8-9,13-18,22,26-27,30,41,43-45,48H,5-7,10-12H2,1-4H3,(H2,37,47)(H,38,39)/t14?,15-,16?,17?,18?,22+,26+,27-,30-,36-/m0/s1. The molecule has 1 amide bonds. The minimum atomic E-state index is -2.96. The molecule has 2 aromatic rings. The van der Waals surface area contributed by atoms with Crippen LogP contribution in [0.25, 0.3) is 0 Å². The molecule has 2 fully saturated rings. The SMILES string of the molecule is CC(c1csc(Nc2ccc3c(c2O)C(=O)C2=C(O)[C@]4(O)C(=O)C(C(N)=O)=C(O)[C@@H](N(C)C)[C@@H]4[C@@H](O)[C@@H]2[C@H]3C)n1)C1CC2CCCC(C2)C1. The maximum atomic E-state index is 14.2. The number of ketones is 2. The van der Waals surface area contributed by atoms with Gasteiger partial charge in [0.05, 0.1) is 35.0 Å². The van der Waals surface area contributed by atoms with E-state index in [9.17, 15) is 39.9 Å². The number of fused-ring (bicyclic) bond motifs is 5. The summed E-state index contributed by atoms with van der Waals surface area (Å²) in [6.07, 6.45) is 6.11. The van der Waals surface area contributed by atoms with Crippen molar-refractivity contribution >= 4 is 39.6 Å². The first-order chi connectivity index (χ1) is 23.2. The summed E-state index contributed by atoms with van der Waals surface area (Å²) in [6.45, 7) is 3.94. The van der Waals surface area contributed by atoms with Crippen LogP contribution in [0.15, 0.2) is 40.2 Å². The second-order valence-electron chi connectivity index (χ2n) is 15.1. The summed E-state index contributed by atoms with van der Waals surface area (Å²) < 4.78 is 0. The Morgan fingerprint density at radius 2 is 1.80 bits per heavy atom. The monoisotopic (exact) mass is 692 g/mol. The van der Waals surface area contributed by atoms with Gasteiger partial charge in [-0.1, -0.05) is 39.2 Å². The Morgan fingerprint density at radius 1 is 1.12 bits per heavy atom. The fraction of sp³-hybridized carbons (Fsp3) is 0.556. The number of phenols is 1. The van der Waals surface area contributed by atoms with Gasteiger partial charge < -0.3 is 36.6 Å². The third-order valence-corrected chi connectivity index (χ3v) is 13.0. The predicted molar refractivity (Wildman–Crippen MR) is 182 cm³/mol. The minimum absolute atomic E-state index is 0.149. The van der Waals surface area contributed by atoms with Gasteiger partial charge in [0.1, 0.15) is 17.1 Å². The first-order valence-corrected chi connectivity index (χ1v) is 18.0. The molecule has 5 aliphatic carbocycles. The average molecular weight is 693 g/mol. The summed E-state index contributed by atoms with van der Waals surface area (Å²) in [5, 5.41) is 63.6. The smallest absolute Gasteiger partial charge is 0.255 e. The van der Waals surface area contributed by atoms with Gasteiger partial charge in [-0.05, 0) is 68.7 Å². The molecule has 0 radical (unpaired) electrons. The van der Waals surface area contributed by atoms with Crippen LogP contribution in [0.3, 0.4) is 0 Å². The molecule has 1 aromatic carbocycles. The first-order valence-electron chi connectivity index (χ1n) is 17.1. The van der Waals surface area contributed by atoms with Gasteiger partial charge >= 0.3 is 0 Å². The van der Waals surface area contributed by atoms with Crippen LogP contribution in [0.5, 0.6) is 5.75 Å². The van der Waals surface area contributed by atoms with E-state index in [2.05, 4.69) is 12.2 Å². The fourth-order valence-electron chi connectivity index (χ4n) is 9.82. The number of carbonyl (C=O) groups is 3. The van der Waals surface area contributed by atoms with Crippen LogP contribution >= 0.6 is 11.3 Å². The number of likely N-dealkylation sites (N-methyl/N-ethyl adjacent to an activating group) is 1. The Kier molecular flexibility index (Phi) is 8.20. The van der Waals surface area contributed by atoms with Gasteiger partial charge in [0.25, 0.3) is 5.91 Å². The van der Waals surface area contributed by atoms with E-state index in [1.807, 2.05) is 5.38 Å². The van der Waals surface area contributed by atoms with Crippen LogP contribution in [-0.2, 0) is 9.59 Å². The number of nitrogens with zero attached hydrogens (tertiary/aromatic N) is 2. The number of Topliss-reactive ketones (excluding diaryl/α,β-unsaturated/α-hetero) is 2. The van der Waals surface area contributed by atoms with Gasteiger partial charge in [-0.3, -0.25) is 19.3 Å². The number of aliphatic hydroxyl groups is 4. The van der Waals surface area contributed by atoms with E-state index >= 15 is 0 Å². The van der Waals surface area contributed by atoms with Crippen molar-refractivity contribution in [3.63, 3.8) is 0 Å². The number of rotatable bonds is 6. The number of hydrogen-bond donors (Lipinski definition) is 7. The van der Waals surface area contributed by atoms with E-state index in [1.165, 1.54) is 68.9 Å². The lowest BCUT2D eigenvalue weighted by atomic mass is 9.55. The molecular formula is C36H44N4O8S. The maximum Gasteiger partial charge on any atom is 0.255 e. The van der Waals surface area contributed by atoms with Gasteiger partial charge in [0.2, 0.25) is 5.78 Å². The quantitative estimate of drug-likeness (QED) is 0.169. The van der Waals surface area contributed by atoms with Crippen molar-refractivity contribution in [2.24, 2.45) is 35.3 Å². The number of phenolic OH excluding ortho intramolecular Hbond substituents is 1. The fourth-order valence-corrected chi connectivity index (χ4v) is 10.7. The Labute approximate surface area is 288 Å². The highest BCUT2D eigenvalue weighted by Gasteiger charge is 2.67. The Hall–Kier alpha value is -3.78. The molecule has 7 rings (SSSR count). The van der Waals surface area contributed by atoms with E-state index < -0.39 is 81.4 Å². The molecule has 0 saturated heterocycles. The third-order valence-electron chi connectivity index (χ3n) is 12.2. The molecule has 2 bridgehead atoms. The molecule has 5 aliphatic rings. The summed E-state index contributed by atoms with van der Waals surface area (Å²) >= 11 is 1.40. The van der Waals surface area contributed by atoms with E-state index in [-0.39, 0.29) is 17.2 Å². The van der Waals surface area contributed by atoms with Crippen LogP contribution in [0.1, 0.15) is 85.8 Å². The molecule has 2 saturated carbocycles. The van der Waals surface area contributed by atoms with Crippen molar-refractivity contribution in [1.82, 2.24) is 9.88 Å². The summed E-state index contributed by atoms with van der Waals surface area (Å²) in [4.78, 5) is 46.4. The molecule has 8 N–H and O–H groups in total. The second kappa shape index (κ2) is 11.9. The van der Waals surface area contributed by atoms with Gasteiger partial charge in [-0.25, -0.2) is 4.98 Å². The zero-order valence-corrected chi connectivity index (χ0v) is 28.8. The zero-order valence-electron chi connectivity index (χ0n) is 28.0. The van der Waals surface area contributed by atoms with Gasteiger partial charge in [0, 0.05) is 22.8 Å². The number of benzene rings is 1. The largest absolute Gasteiger partial charge is 0.510 e. The number of nitrogens with two attached hydrogens (primary N) is 1. The highest BCUT2D eigenvalue weighted by atomic mass is 32.1. The molecule has 49 heavy (non-hydrogen) atoms. The van der Waals surface area contributed by atoms with Crippen molar-refractivity contribution in [2.45, 2.75) is 82.0 Å². The number of amides is 1. The summed E-state index contributed by atoms with van der Waals surface area (Å²) in [5.74, 6) is -6.72. The summed E-state index contributed by atoms with van der Waals surface area (Å²) in [7, 11) is 3.01. The Bertz CT molecular complexity index is 1810. The van der Waals surface area contributed by atoms with Crippen LogP contribution in [-0.4, -0.2) is 84.7 Å².